The van der Waals surface area contributed by atoms with Crippen molar-refractivity contribution in [2.45, 2.75) is 26.7 Å². The van der Waals surface area contributed by atoms with E-state index in [4.69, 9.17) is 5.73 Å². The maximum Gasteiger partial charge on any atom is 0.224 e. The lowest BCUT2D eigenvalue weighted by Gasteiger charge is -2.36. The molecule has 0 aromatic heterocycles. The molecule has 1 amide bonds. The SMILES string of the molecule is CC(C)CCN=C(N)NCCC(=O)N1CCN(c2ccccc2)CC1.I. The lowest BCUT2D eigenvalue weighted by Crippen LogP contribution is -2.49. The summed E-state index contributed by atoms with van der Waals surface area (Å²) in [5.41, 5.74) is 7.04. The summed E-state index contributed by atoms with van der Waals surface area (Å²) >= 11 is 0. The molecule has 0 saturated carbocycles. The average molecular weight is 473 g/mol. The first kappa shape index (κ1) is 22.5. The van der Waals surface area contributed by atoms with Crippen LogP contribution >= 0.6 is 24.0 Å². The van der Waals surface area contributed by atoms with Gasteiger partial charge in [0.1, 0.15) is 0 Å². The minimum atomic E-state index is 0. The van der Waals surface area contributed by atoms with Crippen LogP contribution in [0.3, 0.4) is 0 Å². The molecule has 7 heteroatoms. The van der Waals surface area contributed by atoms with Gasteiger partial charge in [-0.15, -0.1) is 24.0 Å². The van der Waals surface area contributed by atoms with Crippen LogP contribution in [0.5, 0.6) is 0 Å². The summed E-state index contributed by atoms with van der Waals surface area (Å²) in [5, 5.41) is 3.03. The Hall–Kier alpha value is -1.51. The minimum Gasteiger partial charge on any atom is -0.370 e. The largest absolute Gasteiger partial charge is 0.370 e. The van der Waals surface area contributed by atoms with Crippen molar-refractivity contribution in [3.8, 4) is 0 Å². The molecule has 1 fully saturated rings. The quantitative estimate of drug-likeness (QED) is 0.362. The Kier molecular flexibility index (Phi) is 10.4. The van der Waals surface area contributed by atoms with E-state index in [1.807, 2.05) is 23.1 Å². The minimum absolute atomic E-state index is 0. The second kappa shape index (κ2) is 12.0. The van der Waals surface area contributed by atoms with Gasteiger partial charge >= 0.3 is 0 Å². The maximum atomic E-state index is 12.3. The van der Waals surface area contributed by atoms with Gasteiger partial charge < -0.3 is 20.9 Å². The Morgan fingerprint density at radius 2 is 1.85 bits per heavy atom. The third-order valence-electron chi connectivity index (χ3n) is 4.39. The molecule has 1 saturated heterocycles. The van der Waals surface area contributed by atoms with Crippen LogP contribution in [0.1, 0.15) is 26.7 Å². The molecule has 0 atom stereocenters. The van der Waals surface area contributed by atoms with E-state index in [0.29, 0.717) is 24.8 Å². The van der Waals surface area contributed by atoms with Crippen LogP contribution < -0.4 is 16.0 Å². The van der Waals surface area contributed by atoms with Crippen molar-refractivity contribution < 1.29 is 4.79 Å². The Labute approximate surface area is 174 Å². The highest BCUT2D eigenvalue weighted by molar-refractivity contribution is 14.0. The highest BCUT2D eigenvalue weighted by Crippen LogP contribution is 2.15. The number of carbonyl (C=O) groups excluding carboxylic acids is 1. The van der Waals surface area contributed by atoms with Crippen molar-refractivity contribution in [1.29, 1.82) is 0 Å². The summed E-state index contributed by atoms with van der Waals surface area (Å²) < 4.78 is 0. The number of piperazine rings is 1. The van der Waals surface area contributed by atoms with Crippen LogP contribution in [0.25, 0.3) is 0 Å². The van der Waals surface area contributed by atoms with Gasteiger partial charge in [-0.1, -0.05) is 32.0 Å². The molecule has 0 radical (unpaired) electrons. The van der Waals surface area contributed by atoms with E-state index in [1.54, 1.807) is 0 Å². The Bertz CT molecular complexity index is 556. The number of carbonyl (C=O) groups is 1. The molecule has 26 heavy (non-hydrogen) atoms. The second-order valence-corrected chi connectivity index (χ2v) is 6.83. The molecule has 6 nitrogen and oxygen atoms in total. The van der Waals surface area contributed by atoms with Crippen LogP contribution in [0, 0.1) is 5.92 Å². The number of guanidine groups is 1. The number of amides is 1. The number of hydrogen-bond donors (Lipinski definition) is 2. The van der Waals surface area contributed by atoms with Crippen molar-refractivity contribution in [2.75, 3.05) is 44.2 Å². The molecular formula is C19H32IN5O. The summed E-state index contributed by atoms with van der Waals surface area (Å²) in [7, 11) is 0. The zero-order valence-electron chi connectivity index (χ0n) is 15.9. The monoisotopic (exact) mass is 473 g/mol. The fraction of sp³-hybridized carbons (Fsp3) is 0.579. The van der Waals surface area contributed by atoms with Crippen LogP contribution in [0.2, 0.25) is 0 Å². The second-order valence-electron chi connectivity index (χ2n) is 6.83. The van der Waals surface area contributed by atoms with Gasteiger partial charge in [0.15, 0.2) is 5.96 Å². The first-order valence-corrected chi connectivity index (χ1v) is 9.18. The predicted molar refractivity (Wildman–Crippen MR) is 119 cm³/mol. The van der Waals surface area contributed by atoms with Gasteiger partial charge in [0.05, 0.1) is 0 Å². The van der Waals surface area contributed by atoms with Crippen LogP contribution in [0.15, 0.2) is 35.3 Å². The Morgan fingerprint density at radius 3 is 2.46 bits per heavy atom. The summed E-state index contributed by atoms with van der Waals surface area (Å²) in [4.78, 5) is 20.8. The van der Waals surface area contributed by atoms with Crippen LogP contribution in [-0.2, 0) is 4.79 Å². The molecule has 0 unspecified atom stereocenters. The van der Waals surface area contributed by atoms with Gasteiger partial charge in [-0.25, -0.2) is 0 Å². The molecule has 146 valence electrons. The van der Waals surface area contributed by atoms with E-state index >= 15 is 0 Å². The van der Waals surface area contributed by atoms with E-state index in [0.717, 1.165) is 39.1 Å². The number of nitrogens with zero attached hydrogens (tertiary/aromatic N) is 3. The molecule has 3 N–H and O–H groups in total. The average Bonchev–Trinajstić information content (AvgIpc) is 2.62. The smallest absolute Gasteiger partial charge is 0.224 e. The molecule has 0 bridgehead atoms. The fourth-order valence-electron chi connectivity index (χ4n) is 2.81. The standard InChI is InChI=1S/C19H31N5O.HI/c1-16(2)8-10-21-19(20)22-11-9-18(25)24-14-12-23(13-15-24)17-6-4-3-5-7-17;/h3-7,16H,8-15H2,1-2H3,(H3,20,21,22);1H. The van der Waals surface area contributed by atoms with Gasteiger partial charge in [0.2, 0.25) is 5.91 Å². The molecule has 2 rings (SSSR count). The summed E-state index contributed by atoms with van der Waals surface area (Å²) in [5.74, 6) is 1.23. The third kappa shape index (κ3) is 7.80. The van der Waals surface area contributed by atoms with Crippen molar-refractivity contribution in [2.24, 2.45) is 16.6 Å². The Morgan fingerprint density at radius 1 is 1.19 bits per heavy atom. The summed E-state index contributed by atoms with van der Waals surface area (Å²) in [6, 6.07) is 10.3. The van der Waals surface area contributed by atoms with Crippen molar-refractivity contribution >= 4 is 41.5 Å². The van der Waals surface area contributed by atoms with Crippen LogP contribution in [-0.4, -0.2) is 56.0 Å². The summed E-state index contributed by atoms with van der Waals surface area (Å²) in [6.45, 7) is 8.88. The molecule has 1 aromatic carbocycles. The number of hydrogen-bond acceptors (Lipinski definition) is 3. The number of aliphatic imine (C=N–C) groups is 1. The normalized spacial score (nSPS) is 15.0. The fourth-order valence-corrected chi connectivity index (χ4v) is 2.81. The van der Waals surface area contributed by atoms with Gasteiger partial charge in [0.25, 0.3) is 0 Å². The lowest BCUT2D eigenvalue weighted by atomic mass is 10.1. The maximum absolute atomic E-state index is 12.3. The molecule has 1 aromatic rings. The number of halogens is 1. The van der Waals surface area contributed by atoms with Gasteiger partial charge in [-0.2, -0.15) is 0 Å². The van der Waals surface area contributed by atoms with E-state index in [-0.39, 0.29) is 29.9 Å². The van der Waals surface area contributed by atoms with Gasteiger partial charge in [-0.05, 0) is 24.5 Å². The van der Waals surface area contributed by atoms with Crippen molar-refractivity contribution in [1.82, 2.24) is 10.2 Å². The molecule has 1 aliphatic rings. The van der Waals surface area contributed by atoms with Crippen LogP contribution in [0.4, 0.5) is 5.69 Å². The zero-order valence-corrected chi connectivity index (χ0v) is 18.2. The van der Waals surface area contributed by atoms with Crippen molar-refractivity contribution in [3.63, 3.8) is 0 Å². The molecule has 1 aliphatic heterocycles. The first-order chi connectivity index (χ1) is 12.1. The van der Waals surface area contributed by atoms with Gasteiger partial charge in [-0.3, -0.25) is 9.79 Å². The van der Waals surface area contributed by atoms with Gasteiger partial charge in [0, 0.05) is 51.4 Å². The number of para-hydroxylation sites is 1. The van der Waals surface area contributed by atoms with E-state index in [1.165, 1.54) is 5.69 Å². The number of rotatable bonds is 7. The number of nitrogens with one attached hydrogen (secondary N) is 1. The van der Waals surface area contributed by atoms with E-state index in [2.05, 4.69) is 41.2 Å². The highest BCUT2D eigenvalue weighted by Gasteiger charge is 2.20. The third-order valence-corrected chi connectivity index (χ3v) is 4.39. The topological polar surface area (TPSA) is 74.0 Å². The van der Waals surface area contributed by atoms with E-state index in [9.17, 15) is 4.79 Å². The van der Waals surface area contributed by atoms with E-state index < -0.39 is 0 Å². The predicted octanol–water partition coefficient (Wildman–Crippen LogP) is 2.29. The molecular weight excluding hydrogens is 441 g/mol. The number of nitrogens with two attached hydrogens (primary N) is 1. The number of benzene rings is 1. The lowest BCUT2D eigenvalue weighted by molar-refractivity contribution is -0.131. The first-order valence-electron chi connectivity index (χ1n) is 9.18. The summed E-state index contributed by atoms with van der Waals surface area (Å²) in [6.07, 6.45) is 1.47. The molecule has 0 spiro atoms. The zero-order chi connectivity index (χ0) is 18.1. The highest BCUT2D eigenvalue weighted by atomic mass is 127. The Balaban J connectivity index is 0.00000338. The van der Waals surface area contributed by atoms with Crippen molar-refractivity contribution in [3.05, 3.63) is 30.3 Å². The number of anilines is 1. The molecule has 1 heterocycles. The molecule has 0 aliphatic carbocycles.